The van der Waals surface area contributed by atoms with Crippen molar-refractivity contribution in [1.29, 1.82) is 0 Å². The third-order valence-electron chi connectivity index (χ3n) is 4.60. The molecule has 0 saturated heterocycles. The number of benzene rings is 1. The van der Waals surface area contributed by atoms with Crippen LogP contribution in [-0.2, 0) is 16.4 Å². The lowest BCUT2D eigenvalue weighted by Gasteiger charge is -2.12. The van der Waals surface area contributed by atoms with Crippen LogP contribution in [-0.4, -0.2) is 33.1 Å². The Morgan fingerprint density at radius 2 is 1.85 bits per heavy atom. The van der Waals surface area contributed by atoms with Gasteiger partial charge in [-0.1, -0.05) is 25.0 Å². The molecule has 1 saturated carbocycles. The highest BCUT2D eigenvalue weighted by molar-refractivity contribution is 7.89. The van der Waals surface area contributed by atoms with Gasteiger partial charge in [0.05, 0.1) is 7.11 Å². The molecule has 3 rings (SSSR count). The number of ether oxygens (including phenoxy) is 1. The first-order valence-electron chi connectivity index (χ1n) is 8.92. The molecule has 0 bridgehead atoms. The Morgan fingerprint density at radius 1 is 1.12 bits per heavy atom. The molecule has 0 unspecified atom stereocenters. The lowest BCUT2D eigenvalue weighted by atomic mass is 10.1. The summed E-state index contributed by atoms with van der Waals surface area (Å²) < 4.78 is 32.6. The zero-order chi connectivity index (χ0) is 18.4. The lowest BCUT2D eigenvalue weighted by Crippen LogP contribution is -2.32. The second-order valence-corrected chi connectivity index (χ2v) is 8.22. The van der Waals surface area contributed by atoms with Gasteiger partial charge < -0.3 is 10.1 Å². The van der Waals surface area contributed by atoms with Crippen molar-refractivity contribution in [2.75, 3.05) is 19.0 Å². The van der Waals surface area contributed by atoms with Gasteiger partial charge in [-0.25, -0.2) is 18.1 Å². The smallest absolute Gasteiger partial charge is 0.242 e. The van der Waals surface area contributed by atoms with Crippen molar-refractivity contribution in [3.8, 4) is 5.75 Å². The largest absolute Gasteiger partial charge is 0.497 e. The van der Waals surface area contributed by atoms with E-state index in [1.807, 2.05) is 24.3 Å². The van der Waals surface area contributed by atoms with Gasteiger partial charge in [0, 0.05) is 18.8 Å². The van der Waals surface area contributed by atoms with Crippen molar-refractivity contribution in [1.82, 2.24) is 9.71 Å². The Kier molecular flexibility index (Phi) is 6.11. The van der Waals surface area contributed by atoms with Crippen molar-refractivity contribution in [3.05, 3.63) is 48.2 Å². The average Bonchev–Trinajstić information content (AvgIpc) is 3.15. The van der Waals surface area contributed by atoms with E-state index in [9.17, 15) is 8.42 Å². The summed E-state index contributed by atoms with van der Waals surface area (Å²) in [5.74, 6) is 1.50. The second-order valence-electron chi connectivity index (χ2n) is 6.51. The number of nitrogens with one attached hydrogen (secondary N) is 2. The molecule has 0 aliphatic heterocycles. The molecular weight excluding hydrogens is 350 g/mol. The summed E-state index contributed by atoms with van der Waals surface area (Å²) in [4.78, 5) is 4.44. The highest BCUT2D eigenvalue weighted by Gasteiger charge is 2.23. The predicted molar refractivity (Wildman–Crippen MR) is 102 cm³/mol. The topological polar surface area (TPSA) is 80.3 Å². The fourth-order valence-corrected chi connectivity index (χ4v) is 4.35. The monoisotopic (exact) mass is 375 g/mol. The van der Waals surface area contributed by atoms with E-state index in [-0.39, 0.29) is 10.9 Å². The Balaban J connectivity index is 1.52. The van der Waals surface area contributed by atoms with Crippen LogP contribution in [0.15, 0.2) is 47.5 Å². The molecule has 1 aromatic heterocycles. The van der Waals surface area contributed by atoms with Crippen molar-refractivity contribution < 1.29 is 13.2 Å². The highest BCUT2D eigenvalue weighted by atomic mass is 32.2. The number of aromatic nitrogens is 1. The van der Waals surface area contributed by atoms with Crippen molar-refractivity contribution in [3.63, 3.8) is 0 Å². The van der Waals surface area contributed by atoms with E-state index in [0.29, 0.717) is 12.4 Å². The van der Waals surface area contributed by atoms with E-state index in [2.05, 4.69) is 15.0 Å². The molecule has 2 aromatic rings. The quantitative estimate of drug-likeness (QED) is 0.741. The predicted octanol–water partition coefficient (Wildman–Crippen LogP) is 2.97. The highest BCUT2D eigenvalue weighted by Crippen LogP contribution is 2.20. The van der Waals surface area contributed by atoms with Gasteiger partial charge in [-0.3, -0.25) is 0 Å². The van der Waals surface area contributed by atoms with Gasteiger partial charge in [-0.2, -0.15) is 0 Å². The SMILES string of the molecule is COc1ccc(CCNc2ccc(S(=O)(=O)NC3CCCC3)cn2)cc1. The fraction of sp³-hybridized carbons (Fsp3) is 0.421. The summed E-state index contributed by atoms with van der Waals surface area (Å²) >= 11 is 0. The minimum absolute atomic E-state index is 0.0577. The van der Waals surface area contributed by atoms with Crippen molar-refractivity contribution in [2.24, 2.45) is 0 Å². The Bertz CT molecular complexity index is 799. The summed E-state index contributed by atoms with van der Waals surface area (Å²) in [5, 5.41) is 3.22. The molecule has 2 N–H and O–H groups in total. The number of anilines is 1. The molecule has 6 nitrogen and oxygen atoms in total. The van der Waals surface area contributed by atoms with E-state index >= 15 is 0 Å². The average molecular weight is 375 g/mol. The van der Waals surface area contributed by atoms with Crippen LogP contribution in [0.25, 0.3) is 0 Å². The molecule has 1 fully saturated rings. The Hall–Kier alpha value is -2.12. The maximum absolute atomic E-state index is 12.4. The Morgan fingerprint density at radius 3 is 2.46 bits per heavy atom. The minimum atomic E-state index is -3.48. The fourth-order valence-electron chi connectivity index (χ4n) is 3.10. The molecule has 1 aliphatic rings. The molecule has 0 spiro atoms. The van der Waals surface area contributed by atoms with Crippen LogP contribution in [0.3, 0.4) is 0 Å². The summed E-state index contributed by atoms with van der Waals surface area (Å²) in [6.45, 7) is 0.714. The van der Waals surface area contributed by atoms with Crippen LogP contribution < -0.4 is 14.8 Å². The maximum Gasteiger partial charge on any atom is 0.242 e. The van der Waals surface area contributed by atoms with Gasteiger partial charge in [-0.15, -0.1) is 0 Å². The molecule has 0 radical (unpaired) electrons. The number of rotatable bonds is 8. The van der Waals surface area contributed by atoms with Gasteiger partial charge >= 0.3 is 0 Å². The molecule has 140 valence electrons. The van der Waals surface area contributed by atoms with Crippen LogP contribution in [0, 0.1) is 0 Å². The molecular formula is C19H25N3O3S. The van der Waals surface area contributed by atoms with E-state index in [4.69, 9.17) is 4.74 Å². The van der Waals surface area contributed by atoms with Crippen LogP contribution in [0.5, 0.6) is 5.75 Å². The van der Waals surface area contributed by atoms with Gasteiger partial charge in [0.15, 0.2) is 0 Å². The number of nitrogens with zero attached hydrogens (tertiary/aromatic N) is 1. The van der Waals surface area contributed by atoms with E-state index in [1.165, 1.54) is 11.8 Å². The first-order valence-corrected chi connectivity index (χ1v) is 10.4. The number of methoxy groups -OCH3 is 1. The van der Waals surface area contributed by atoms with Gasteiger partial charge in [-0.05, 0) is 49.1 Å². The number of hydrogen-bond donors (Lipinski definition) is 2. The van der Waals surface area contributed by atoms with Crippen LogP contribution in [0.4, 0.5) is 5.82 Å². The maximum atomic E-state index is 12.4. The minimum Gasteiger partial charge on any atom is -0.497 e. The first kappa shape index (κ1) is 18.7. The summed E-state index contributed by atoms with van der Waals surface area (Å²) in [6, 6.07) is 11.3. The standard InChI is InChI=1S/C19H25N3O3S/c1-25-17-8-6-15(7-9-17)12-13-20-19-11-10-18(14-21-19)26(23,24)22-16-4-2-3-5-16/h6-11,14,16,22H,2-5,12-13H2,1H3,(H,20,21). The Labute approximate surface area is 155 Å². The van der Waals surface area contributed by atoms with E-state index < -0.39 is 10.0 Å². The third kappa shape index (κ3) is 4.95. The summed E-state index contributed by atoms with van der Waals surface area (Å²) in [7, 11) is -1.83. The molecule has 26 heavy (non-hydrogen) atoms. The third-order valence-corrected chi connectivity index (χ3v) is 6.11. The first-order chi connectivity index (χ1) is 12.6. The van der Waals surface area contributed by atoms with Crippen LogP contribution in [0.2, 0.25) is 0 Å². The molecule has 1 aliphatic carbocycles. The van der Waals surface area contributed by atoms with Crippen molar-refractivity contribution in [2.45, 2.75) is 43.0 Å². The van der Waals surface area contributed by atoms with E-state index in [0.717, 1.165) is 37.9 Å². The summed E-state index contributed by atoms with van der Waals surface area (Å²) in [5.41, 5.74) is 1.19. The molecule has 1 aromatic carbocycles. The number of sulfonamides is 1. The molecule has 7 heteroatoms. The number of pyridine rings is 1. The van der Waals surface area contributed by atoms with Crippen LogP contribution >= 0.6 is 0 Å². The lowest BCUT2D eigenvalue weighted by molar-refractivity contribution is 0.414. The van der Waals surface area contributed by atoms with Gasteiger partial charge in [0.2, 0.25) is 10.0 Å². The van der Waals surface area contributed by atoms with Crippen molar-refractivity contribution >= 4 is 15.8 Å². The summed E-state index contributed by atoms with van der Waals surface area (Å²) in [6.07, 6.45) is 6.25. The zero-order valence-corrected chi connectivity index (χ0v) is 15.8. The van der Waals surface area contributed by atoms with Gasteiger partial charge in [0.1, 0.15) is 16.5 Å². The molecule has 0 atom stereocenters. The normalized spacial score (nSPS) is 15.1. The number of hydrogen-bond acceptors (Lipinski definition) is 5. The van der Waals surface area contributed by atoms with Gasteiger partial charge in [0.25, 0.3) is 0 Å². The molecule has 0 amide bonds. The molecule has 1 heterocycles. The zero-order valence-electron chi connectivity index (χ0n) is 14.9. The van der Waals surface area contributed by atoms with Crippen LogP contribution in [0.1, 0.15) is 31.2 Å². The van der Waals surface area contributed by atoms with E-state index in [1.54, 1.807) is 19.2 Å². The second kappa shape index (κ2) is 8.51.